The van der Waals surface area contributed by atoms with Gasteiger partial charge in [0.05, 0.1) is 19.3 Å². The number of hydrogen-bond acceptors (Lipinski definition) is 3. The molecule has 1 unspecified atom stereocenters. The highest BCUT2D eigenvalue weighted by atomic mass is 79.9. The van der Waals surface area contributed by atoms with E-state index in [1.54, 1.807) is 13.3 Å². The van der Waals surface area contributed by atoms with Gasteiger partial charge in [0, 0.05) is 10.5 Å². The molecule has 0 bridgehead atoms. The Labute approximate surface area is 121 Å². The standard InChI is InChI=1S/C14H18BrN3O/c1-9(2)18-14(12(19-3)8-17-18)13(16)10-6-4-5-7-11(10)15/h4-9,13H,16H2,1-3H3. The average Bonchev–Trinajstić information content (AvgIpc) is 2.82. The van der Waals surface area contributed by atoms with Gasteiger partial charge in [0.1, 0.15) is 5.69 Å². The maximum absolute atomic E-state index is 6.41. The van der Waals surface area contributed by atoms with Crippen molar-refractivity contribution < 1.29 is 4.74 Å². The van der Waals surface area contributed by atoms with Crippen molar-refractivity contribution in [3.05, 3.63) is 46.2 Å². The largest absolute Gasteiger partial charge is 0.493 e. The number of nitrogens with zero attached hydrogens (tertiary/aromatic N) is 2. The topological polar surface area (TPSA) is 53.1 Å². The summed E-state index contributed by atoms with van der Waals surface area (Å²) in [7, 11) is 1.64. The molecule has 0 amide bonds. The zero-order valence-electron chi connectivity index (χ0n) is 11.3. The minimum atomic E-state index is -0.282. The summed E-state index contributed by atoms with van der Waals surface area (Å²) < 4.78 is 8.27. The van der Waals surface area contributed by atoms with Crippen LogP contribution in [0.15, 0.2) is 34.9 Å². The van der Waals surface area contributed by atoms with E-state index in [0.717, 1.165) is 21.5 Å². The molecule has 2 rings (SSSR count). The van der Waals surface area contributed by atoms with Crippen LogP contribution in [0.4, 0.5) is 0 Å². The third-order valence-electron chi connectivity index (χ3n) is 3.04. The molecule has 1 aromatic heterocycles. The first-order valence-electron chi connectivity index (χ1n) is 6.17. The van der Waals surface area contributed by atoms with Crippen molar-refractivity contribution in [2.45, 2.75) is 25.9 Å². The highest BCUT2D eigenvalue weighted by molar-refractivity contribution is 9.10. The van der Waals surface area contributed by atoms with Crippen LogP contribution in [-0.2, 0) is 0 Å². The summed E-state index contributed by atoms with van der Waals surface area (Å²) in [6.07, 6.45) is 1.71. The molecule has 0 aliphatic rings. The fraction of sp³-hybridized carbons (Fsp3) is 0.357. The summed E-state index contributed by atoms with van der Waals surface area (Å²) in [6.45, 7) is 4.14. The first-order chi connectivity index (χ1) is 9.06. The molecule has 0 aliphatic carbocycles. The third kappa shape index (κ3) is 2.67. The lowest BCUT2D eigenvalue weighted by atomic mass is 10.0. The molecule has 0 aliphatic heterocycles. The Balaban J connectivity index is 2.52. The second kappa shape index (κ2) is 5.75. The molecular weight excluding hydrogens is 306 g/mol. The molecule has 2 aromatic rings. The maximum Gasteiger partial charge on any atom is 0.161 e. The number of aromatic nitrogens is 2. The normalized spacial score (nSPS) is 12.7. The van der Waals surface area contributed by atoms with E-state index in [2.05, 4.69) is 34.9 Å². The van der Waals surface area contributed by atoms with Crippen molar-refractivity contribution in [1.82, 2.24) is 9.78 Å². The number of ether oxygens (including phenoxy) is 1. The van der Waals surface area contributed by atoms with E-state index >= 15 is 0 Å². The van der Waals surface area contributed by atoms with Gasteiger partial charge in [-0.2, -0.15) is 5.10 Å². The number of nitrogens with two attached hydrogens (primary N) is 1. The summed E-state index contributed by atoms with van der Waals surface area (Å²) in [5.74, 6) is 0.719. The number of rotatable bonds is 4. The summed E-state index contributed by atoms with van der Waals surface area (Å²) in [4.78, 5) is 0. The zero-order valence-corrected chi connectivity index (χ0v) is 12.9. The van der Waals surface area contributed by atoms with Crippen LogP contribution in [-0.4, -0.2) is 16.9 Å². The summed E-state index contributed by atoms with van der Waals surface area (Å²) in [5, 5.41) is 4.36. The van der Waals surface area contributed by atoms with Crippen molar-refractivity contribution in [2.75, 3.05) is 7.11 Å². The van der Waals surface area contributed by atoms with Crippen LogP contribution >= 0.6 is 15.9 Å². The van der Waals surface area contributed by atoms with Gasteiger partial charge in [0.2, 0.25) is 0 Å². The highest BCUT2D eigenvalue weighted by Gasteiger charge is 2.22. The van der Waals surface area contributed by atoms with E-state index in [1.165, 1.54) is 0 Å². The lowest BCUT2D eigenvalue weighted by Crippen LogP contribution is -2.19. The van der Waals surface area contributed by atoms with Crippen molar-refractivity contribution in [3.63, 3.8) is 0 Å². The van der Waals surface area contributed by atoms with Gasteiger partial charge in [-0.3, -0.25) is 4.68 Å². The van der Waals surface area contributed by atoms with Crippen LogP contribution in [0.5, 0.6) is 5.75 Å². The summed E-state index contributed by atoms with van der Waals surface area (Å²) >= 11 is 3.54. The molecule has 2 N–H and O–H groups in total. The molecule has 5 heteroatoms. The molecule has 102 valence electrons. The van der Waals surface area contributed by atoms with Gasteiger partial charge in [0.15, 0.2) is 5.75 Å². The minimum Gasteiger partial charge on any atom is -0.493 e. The number of benzene rings is 1. The van der Waals surface area contributed by atoms with Crippen LogP contribution in [0.2, 0.25) is 0 Å². The van der Waals surface area contributed by atoms with E-state index in [0.29, 0.717) is 0 Å². The molecule has 4 nitrogen and oxygen atoms in total. The minimum absolute atomic E-state index is 0.229. The van der Waals surface area contributed by atoms with Crippen molar-refractivity contribution in [3.8, 4) is 5.75 Å². The van der Waals surface area contributed by atoms with Crippen LogP contribution < -0.4 is 10.5 Å². The number of hydrogen-bond donors (Lipinski definition) is 1. The van der Waals surface area contributed by atoms with Gasteiger partial charge >= 0.3 is 0 Å². The Morgan fingerprint density at radius 3 is 2.58 bits per heavy atom. The molecule has 1 atom stereocenters. The Kier molecular flexibility index (Phi) is 4.27. The fourth-order valence-electron chi connectivity index (χ4n) is 2.10. The van der Waals surface area contributed by atoms with E-state index in [1.807, 2.05) is 28.9 Å². The van der Waals surface area contributed by atoms with Gasteiger partial charge in [-0.05, 0) is 25.5 Å². The lowest BCUT2D eigenvalue weighted by molar-refractivity contribution is 0.401. The van der Waals surface area contributed by atoms with Crippen molar-refractivity contribution in [2.24, 2.45) is 5.73 Å². The second-order valence-corrected chi connectivity index (χ2v) is 5.49. The van der Waals surface area contributed by atoms with Crippen molar-refractivity contribution >= 4 is 15.9 Å². The average molecular weight is 324 g/mol. The maximum atomic E-state index is 6.41. The Morgan fingerprint density at radius 2 is 2.00 bits per heavy atom. The van der Waals surface area contributed by atoms with Gasteiger partial charge in [0.25, 0.3) is 0 Å². The molecule has 1 heterocycles. The smallest absolute Gasteiger partial charge is 0.161 e. The monoisotopic (exact) mass is 323 g/mol. The molecule has 0 radical (unpaired) electrons. The first-order valence-corrected chi connectivity index (χ1v) is 6.97. The Morgan fingerprint density at radius 1 is 1.32 bits per heavy atom. The van der Waals surface area contributed by atoms with Crippen LogP contribution in [0.1, 0.15) is 37.2 Å². The van der Waals surface area contributed by atoms with E-state index in [9.17, 15) is 0 Å². The summed E-state index contributed by atoms with van der Waals surface area (Å²) in [6, 6.07) is 7.88. The third-order valence-corrected chi connectivity index (χ3v) is 3.76. The quantitative estimate of drug-likeness (QED) is 0.939. The van der Waals surface area contributed by atoms with E-state index in [-0.39, 0.29) is 12.1 Å². The van der Waals surface area contributed by atoms with Crippen LogP contribution in [0.3, 0.4) is 0 Å². The fourth-order valence-corrected chi connectivity index (χ4v) is 2.63. The SMILES string of the molecule is COc1cnn(C(C)C)c1C(N)c1ccccc1Br. The van der Waals surface area contributed by atoms with Crippen LogP contribution in [0, 0.1) is 0 Å². The second-order valence-electron chi connectivity index (χ2n) is 4.64. The van der Waals surface area contributed by atoms with Gasteiger partial charge in [-0.25, -0.2) is 0 Å². The molecule has 0 fully saturated rings. The van der Waals surface area contributed by atoms with Gasteiger partial charge < -0.3 is 10.5 Å². The van der Waals surface area contributed by atoms with Crippen molar-refractivity contribution in [1.29, 1.82) is 0 Å². The molecule has 0 saturated heterocycles. The van der Waals surface area contributed by atoms with Crippen LogP contribution in [0.25, 0.3) is 0 Å². The zero-order chi connectivity index (χ0) is 14.0. The summed E-state index contributed by atoms with van der Waals surface area (Å²) in [5.41, 5.74) is 8.32. The van der Waals surface area contributed by atoms with E-state index in [4.69, 9.17) is 10.5 Å². The number of methoxy groups -OCH3 is 1. The molecule has 19 heavy (non-hydrogen) atoms. The predicted molar refractivity (Wildman–Crippen MR) is 79.3 cm³/mol. The Hall–Kier alpha value is -1.33. The Bertz CT molecular complexity index is 566. The van der Waals surface area contributed by atoms with Gasteiger partial charge in [-0.15, -0.1) is 0 Å². The highest BCUT2D eigenvalue weighted by Crippen LogP contribution is 2.33. The first kappa shape index (κ1) is 14.1. The number of halogens is 1. The molecular formula is C14H18BrN3O. The molecule has 0 saturated carbocycles. The lowest BCUT2D eigenvalue weighted by Gasteiger charge is -2.19. The predicted octanol–water partition coefficient (Wildman–Crippen LogP) is 3.28. The van der Waals surface area contributed by atoms with E-state index < -0.39 is 0 Å². The molecule has 1 aromatic carbocycles. The van der Waals surface area contributed by atoms with Gasteiger partial charge in [-0.1, -0.05) is 34.1 Å². The molecule has 0 spiro atoms.